The van der Waals surface area contributed by atoms with Gasteiger partial charge in [0.2, 0.25) is 11.8 Å². The van der Waals surface area contributed by atoms with Gasteiger partial charge in [-0.05, 0) is 13.3 Å². The van der Waals surface area contributed by atoms with E-state index >= 15 is 4.39 Å². The second-order valence-corrected chi connectivity index (χ2v) is 8.11. The number of rotatable bonds is 6. The van der Waals surface area contributed by atoms with Gasteiger partial charge in [0.25, 0.3) is 6.43 Å². The molecule has 0 bridgehead atoms. The van der Waals surface area contributed by atoms with Gasteiger partial charge >= 0.3 is 0 Å². The van der Waals surface area contributed by atoms with Crippen molar-refractivity contribution in [2.45, 2.75) is 31.9 Å². The monoisotopic (exact) mass is 475 g/mol. The molecule has 2 amide bonds. The van der Waals surface area contributed by atoms with E-state index in [1.807, 2.05) is 0 Å². The van der Waals surface area contributed by atoms with E-state index in [1.54, 1.807) is 0 Å². The average Bonchev–Trinajstić information content (AvgIpc) is 3.16. The van der Waals surface area contributed by atoms with Gasteiger partial charge in [0, 0.05) is 22.7 Å². The Morgan fingerprint density at radius 2 is 2.00 bits per heavy atom. The SMILES string of the molecule is CC(C(N)=O)c1c(F)c(C(F)F)c(-c2cn3cc(NC(=O)[C@@H]4C[C@@H]4F)nc3cn2)c2cn[nH]c12. The van der Waals surface area contributed by atoms with Gasteiger partial charge in [-0.1, -0.05) is 0 Å². The zero-order valence-corrected chi connectivity index (χ0v) is 17.5. The number of H-pyrrole nitrogens is 1. The Bertz CT molecular complexity index is 1460. The molecule has 1 aromatic carbocycles. The van der Waals surface area contributed by atoms with Crippen molar-refractivity contribution in [3.63, 3.8) is 0 Å². The lowest BCUT2D eigenvalue weighted by molar-refractivity contribution is -0.119. The van der Waals surface area contributed by atoms with Crippen molar-refractivity contribution in [3.05, 3.63) is 41.7 Å². The first-order valence-electron chi connectivity index (χ1n) is 10.2. The van der Waals surface area contributed by atoms with Crippen molar-refractivity contribution >= 4 is 34.2 Å². The largest absolute Gasteiger partial charge is 0.369 e. The van der Waals surface area contributed by atoms with Crippen LogP contribution < -0.4 is 11.1 Å². The highest BCUT2D eigenvalue weighted by Gasteiger charge is 2.43. The van der Waals surface area contributed by atoms with Gasteiger partial charge in [-0.2, -0.15) is 5.10 Å². The fraction of sp³-hybridized carbons (Fsp3) is 0.286. The van der Waals surface area contributed by atoms with Crippen molar-refractivity contribution in [3.8, 4) is 11.3 Å². The number of nitrogens with zero attached hydrogens (tertiary/aromatic N) is 4. The molecule has 1 fully saturated rings. The molecule has 5 rings (SSSR count). The Kier molecular flexibility index (Phi) is 4.99. The number of halogens is 4. The minimum Gasteiger partial charge on any atom is -0.369 e. The molecule has 1 aliphatic carbocycles. The van der Waals surface area contributed by atoms with E-state index in [0.29, 0.717) is 0 Å². The highest BCUT2D eigenvalue weighted by molar-refractivity contribution is 6.00. The number of benzene rings is 1. The Balaban J connectivity index is 1.65. The second-order valence-electron chi connectivity index (χ2n) is 8.11. The number of primary amides is 1. The van der Waals surface area contributed by atoms with Gasteiger partial charge in [0.1, 0.15) is 12.0 Å². The normalized spacial score (nSPS) is 18.5. The van der Waals surface area contributed by atoms with Crippen LogP contribution in [0.4, 0.5) is 23.4 Å². The minimum absolute atomic E-state index is 0.0207. The van der Waals surface area contributed by atoms with E-state index in [4.69, 9.17) is 5.73 Å². The molecule has 9 nitrogen and oxygen atoms in total. The molecule has 0 saturated heterocycles. The van der Waals surface area contributed by atoms with Crippen LogP contribution in [0, 0.1) is 11.7 Å². The van der Waals surface area contributed by atoms with E-state index < -0.39 is 47.6 Å². The van der Waals surface area contributed by atoms with Crippen LogP contribution in [-0.2, 0) is 9.59 Å². The number of aromatic nitrogens is 5. The first kappa shape index (κ1) is 21.8. The Labute approximate surface area is 188 Å². The number of amides is 2. The Morgan fingerprint density at radius 3 is 2.65 bits per heavy atom. The number of nitrogens with one attached hydrogen (secondary N) is 2. The van der Waals surface area contributed by atoms with Crippen LogP contribution in [0.3, 0.4) is 0 Å². The van der Waals surface area contributed by atoms with E-state index in [1.165, 1.54) is 36.1 Å². The third kappa shape index (κ3) is 3.43. The third-order valence-electron chi connectivity index (χ3n) is 5.90. The highest BCUT2D eigenvalue weighted by atomic mass is 19.3. The summed E-state index contributed by atoms with van der Waals surface area (Å²) in [7, 11) is 0. The highest BCUT2D eigenvalue weighted by Crippen LogP contribution is 2.42. The molecular formula is C21H17F4N7O2. The van der Waals surface area contributed by atoms with Crippen LogP contribution in [0.5, 0.6) is 0 Å². The van der Waals surface area contributed by atoms with Crippen molar-refractivity contribution < 1.29 is 27.2 Å². The van der Waals surface area contributed by atoms with Crippen molar-refractivity contribution in [1.29, 1.82) is 0 Å². The van der Waals surface area contributed by atoms with Gasteiger partial charge in [0.15, 0.2) is 11.5 Å². The summed E-state index contributed by atoms with van der Waals surface area (Å²) in [6.07, 6.45) is 0.986. The van der Waals surface area contributed by atoms with Gasteiger partial charge < -0.3 is 15.5 Å². The molecule has 1 aliphatic rings. The molecule has 4 aromatic rings. The van der Waals surface area contributed by atoms with E-state index in [9.17, 15) is 22.8 Å². The summed E-state index contributed by atoms with van der Waals surface area (Å²) in [6.45, 7) is 1.31. The molecule has 0 aliphatic heterocycles. The summed E-state index contributed by atoms with van der Waals surface area (Å²) in [6, 6.07) is 0. The predicted molar refractivity (Wildman–Crippen MR) is 112 cm³/mol. The standard InChI is InChI=1S/C21H17F4N7O2/c1-7(20(26)33)14-17(23)16(19(24)25)15(9-3-28-31-18(9)14)11-5-32-6-12(29-13(32)4-27-11)30-21(34)8-2-10(8)22/h3-8,10,19H,2H2,1H3,(H2,26,33)(H,28,31)(H,30,34)/t7?,8-,10+/m1/s1. The van der Waals surface area contributed by atoms with Crippen molar-refractivity contribution in [1.82, 2.24) is 24.6 Å². The zero-order chi connectivity index (χ0) is 24.3. The second kappa shape index (κ2) is 7.78. The predicted octanol–water partition coefficient (Wildman–Crippen LogP) is 3.23. The quantitative estimate of drug-likeness (QED) is 0.369. The number of alkyl halides is 3. The van der Waals surface area contributed by atoms with Gasteiger partial charge in [-0.3, -0.25) is 19.7 Å². The lowest BCUT2D eigenvalue weighted by Crippen LogP contribution is -2.21. The van der Waals surface area contributed by atoms with Crippen LogP contribution in [0.1, 0.15) is 36.8 Å². The summed E-state index contributed by atoms with van der Waals surface area (Å²) >= 11 is 0. The number of imidazole rings is 1. The number of carbonyl (C=O) groups excluding carboxylic acids is 2. The number of carbonyl (C=O) groups is 2. The molecule has 1 unspecified atom stereocenters. The number of hydrogen-bond donors (Lipinski definition) is 3. The fourth-order valence-electron chi connectivity index (χ4n) is 3.96. The lowest BCUT2D eigenvalue weighted by atomic mass is 9.90. The molecule has 176 valence electrons. The molecule has 3 aromatic heterocycles. The molecule has 0 spiro atoms. The summed E-state index contributed by atoms with van der Waals surface area (Å²) < 4.78 is 58.2. The third-order valence-corrected chi connectivity index (χ3v) is 5.90. The van der Waals surface area contributed by atoms with E-state index in [-0.39, 0.29) is 45.6 Å². The first-order chi connectivity index (χ1) is 16.2. The van der Waals surface area contributed by atoms with Crippen LogP contribution in [0.15, 0.2) is 24.8 Å². The summed E-state index contributed by atoms with van der Waals surface area (Å²) in [5.74, 6) is -4.46. The molecule has 4 N–H and O–H groups in total. The summed E-state index contributed by atoms with van der Waals surface area (Å²) in [5, 5.41) is 9.03. The molecule has 3 atom stereocenters. The van der Waals surface area contributed by atoms with Crippen molar-refractivity contribution in [2.75, 3.05) is 5.32 Å². The molecule has 34 heavy (non-hydrogen) atoms. The first-order valence-corrected chi connectivity index (χ1v) is 10.2. The number of aromatic amines is 1. The number of hydrogen-bond acceptors (Lipinski definition) is 5. The Hall–Kier alpha value is -4.03. The van der Waals surface area contributed by atoms with E-state index in [2.05, 4.69) is 25.5 Å². The maximum atomic E-state index is 15.4. The molecule has 3 heterocycles. The molecule has 0 radical (unpaired) electrons. The topological polar surface area (TPSA) is 131 Å². The minimum atomic E-state index is -3.24. The maximum Gasteiger partial charge on any atom is 0.267 e. The maximum absolute atomic E-state index is 15.4. The van der Waals surface area contributed by atoms with Gasteiger partial charge in [-0.25, -0.2) is 22.5 Å². The summed E-state index contributed by atoms with van der Waals surface area (Å²) in [5.41, 5.74) is 4.14. The molecule has 13 heteroatoms. The number of anilines is 1. The van der Waals surface area contributed by atoms with Crippen molar-refractivity contribution in [2.24, 2.45) is 11.7 Å². The van der Waals surface area contributed by atoms with E-state index in [0.717, 1.165) is 0 Å². The van der Waals surface area contributed by atoms with Crippen LogP contribution in [0.2, 0.25) is 0 Å². The average molecular weight is 475 g/mol. The fourth-order valence-corrected chi connectivity index (χ4v) is 3.96. The zero-order valence-electron chi connectivity index (χ0n) is 17.5. The Morgan fingerprint density at radius 1 is 1.26 bits per heavy atom. The van der Waals surface area contributed by atoms with Crippen LogP contribution in [-0.4, -0.2) is 42.6 Å². The summed E-state index contributed by atoms with van der Waals surface area (Å²) in [4.78, 5) is 32.0. The van der Waals surface area contributed by atoms with Gasteiger partial charge in [0.05, 0.1) is 47.2 Å². The molecule has 1 saturated carbocycles. The number of nitrogens with two attached hydrogens (primary N) is 1. The van der Waals surface area contributed by atoms with Gasteiger partial charge in [-0.15, -0.1) is 0 Å². The molecular weight excluding hydrogens is 458 g/mol. The van der Waals surface area contributed by atoms with Crippen LogP contribution in [0.25, 0.3) is 27.8 Å². The lowest BCUT2D eigenvalue weighted by Gasteiger charge is -2.17. The number of fused-ring (bicyclic) bond motifs is 2. The van der Waals surface area contributed by atoms with Crippen LogP contribution >= 0.6 is 0 Å². The smallest absolute Gasteiger partial charge is 0.267 e.